The van der Waals surface area contributed by atoms with E-state index in [-0.39, 0.29) is 42.1 Å². The summed E-state index contributed by atoms with van der Waals surface area (Å²) >= 11 is 0. The van der Waals surface area contributed by atoms with E-state index in [1.807, 2.05) is 32.4 Å². The van der Waals surface area contributed by atoms with E-state index < -0.39 is 29.7 Å². The van der Waals surface area contributed by atoms with Crippen molar-refractivity contribution in [3.8, 4) is 22.6 Å². The second-order valence-corrected chi connectivity index (χ2v) is 15.2. The molecule has 3 aliphatic rings. The van der Waals surface area contributed by atoms with Crippen LogP contribution in [0.1, 0.15) is 88.8 Å². The number of hydrogen-bond acceptors (Lipinski definition) is 10. The monoisotopic (exact) mass is 783 g/mol. The van der Waals surface area contributed by atoms with Gasteiger partial charge in [0.2, 0.25) is 11.8 Å². The first kappa shape index (κ1) is 40.9. The highest BCUT2D eigenvalue weighted by Crippen LogP contribution is 2.38. The van der Waals surface area contributed by atoms with Crippen LogP contribution in [0.4, 0.5) is 10.5 Å². The van der Waals surface area contributed by atoms with Crippen molar-refractivity contribution in [2.24, 2.45) is 7.05 Å². The first-order valence-electron chi connectivity index (χ1n) is 19.7. The summed E-state index contributed by atoms with van der Waals surface area (Å²) in [5.74, 6) is -0.646. The molecule has 3 aromatic rings. The number of urea groups is 1. The average molecular weight is 784 g/mol. The van der Waals surface area contributed by atoms with Gasteiger partial charge >= 0.3 is 6.03 Å². The number of unbranched alkanes of at least 4 members (excludes halogenated alkanes) is 5. The van der Waals surface area contributed by atoms with Gasteiger partial charge in [0.05, 0.1) is 37.5 Å². The van der Waals surface area contributed by atoms with Gasteiger partial charge < -0.3 is 34.5 Å². The van der Waals surface area contributed by atoms with Crippen LogP contribution in [0.15, 0.2) is 41.3 Å². The number of piperidine rings is 1. The summed E-state index contributed by atoms with van der Waals surface area (Å²) in [5, 5.41) is 8.58. The predicted octanol–water partition coefficient (Wildman–Crippen LogP) is 4.05. The maximum Gasteiger partial charge on any atom is 0.317 e. The fraction of sp³-hybridized carbons (Fsp3) is 0.476. The van der Waals surface area contributed by atoms with Gasteiger partial charge in [-0.05, 0) is 81.2 Å². The lowest BCUT2D eigenvalue weighted by atomic mass is 9.91. The molecule has 1 saturated heterocycles. The molecule has 304 valence electrons. The van der Waals surface area contributed by atoms with E-state index in [1.165, 1.54) is 0 Å². The van der Waals surface area contributed by atoms with E-state index in [2.05, 4.69) is 20.9 Å². The van der Waals surface area contributed by atoms with Crippen molar-refractivity contribution in [2.75, 3.05) is 53.3 Å². The lowest BCUT2D eigenvalue weighted by molar-refractivity contribution is -0.136. The minimum absolute atomic E-state index is 0.0795. The molecule has 0 aliphatic carbocycles. The molecule has 1 aromatic heterocycles. The molecule has 6 rings (SSSR count). The first-order valence-corrected chi connectivity index (χ1v) is 19.7. The number of nitrogens with zero attached hydrogens (tertiary/aromatic N) is 4. The van der Waals surface area contributed by atoms with Gasteiger partial charge in [-0.2, -0.15) is 0 Å². The number of benzene rings is 2. The van der Waals surface area contributed by atoms with Gasteiger partial charge in [0.1, 0.15) is 17.5 Å². The Morgan fingerprint density at radius 2 is 1.51 bits per heavy atom. The van der Waals surface area contributed by atoms with Gasteiger partial charge in [-0.25, -0.2) is 4.79 Å². The Kier molecular flexibility index (Phi) is 13.0. The number of pyridine rings is 1. The Bertz CT molecular complexity index is 2090. The number of imide groups is 2. The summed E-state index contributed by atoms with van der Waals surface area (Å²) in [4.78, 5) is 81.1. The van der Waals surface area contributed by atoms with Gasteiger partial charge in [-0.3, -0.25) is 34.2 Å². The van der Waals surface area contributed by atoms with Crippen molar-refractivity contribution in [1.82, 2.24) is 29.9 Å². The van der Waals surface area contributed by atoms with Crippen molar-refractivity contribution >= 4 is 35.3 Å². The second-order valence-electron chi connectivity index (χ2n) is 15.2. The largest absolute Gasteiger partial charge is 0.496 e. The number of anilines is 1. The second kappa shape index (κ2) is 18.0. The first-order chi connectivity index (χ1) is 27.4. The molecule has 0 spiro atoms. The van der Waals surface area contributed by atoms with Gasteiger partial charge in [0.25, 0.3) is 17.4 Å². The van der Waals surface area contributed by atoms with Gasteiger partial charge in [0.15, 0.2) is 0 Å². The van der Waals surface area contributed by atoms with Crippen LogP contribution in [-0.4, -0.2) is 103 Å². The summed E-state index contributed by atoms with van der Waals surface area (Å²) in [6, 6.07) is 7.84. The molecule has 3 aliphatic heterocycles. The van der Waals surface area contributed by atoms with Crippen molar-refractivity contribution < 1.29 is 33.4 Å². The minimum Gasteiger partial charge on any atom is -0.496 e. The highest BCUT2D eigenvalue weighted by Gasteiger charge is 2.44. The van der Waals surface area contributed by atoms with E-state index in [0.29, 0.717) is 49.7 Å². The number of aromatic nitrogens is 1. The topological polar surface area (TPSA) is 172 Å². The molecular formula is C42H53N7O8. The Hall–Kier alpha value is -5.70. The molecule has 1 unspecified atom stereocenters. The fourth-order valence-corrected chi connectivity index (χ4v) is 7.91. The maximum absolute atomic E-state index is 13.3. The van der Waals surface area contributed by atoms with Crippen molar-refractivity contribution in [2.45, 2.75) is 76.9 Å². The van der Waals surface area contributed by atoms with Crippen LogP contribution in [0, 0.1) is 0 Å². The summed E-state index contributed by atoms with van der Waals surface area (Å²) in [6.45, 7) is 2.64. The van der Waals surface area contributed by atoms with Crippen molar-refractivity contribution in [1.29, 1.82) is 0 Å². The van der Waals surface area contributed by atoms with Crippen LogP contribution in [0.5, 0.6) is 11.5 Å². The molecule has 4 heterocycles. The predicted molar refractivity (Wildman–Crippen MR) is 214 cm³/mol. The molecular weight excluding hydrogens is 731 g/mol. The number of hydrogen-bond donors (Lipinski definition) is 3. The normalized spacial score (nSPS) is 16.4. The SMILES string of the molecule is COc1cc(-c2cn(C)c(=O)c3c2CCN(C(=O)NCCCCCCCCNc2ccc4c(c2)C(=O)N(C2CCC(=O)NC2=O)C4=O)C3)cc(OC)c1CN(C)C. The maximum atomic E-state index is 13.3. The van der Waals surface area contributed by atoms with Gasteiger partial charge in [-0.1, -0.05) is 25.7 Å². The molecule has 3 N–H and O–H groups in total. The zero-order valence-corrected chi connectivity index (χ0v) is 33.5. The molecule has 15 nitrogen and oxygen atoms in total. The average Bonchev–Trinajstić information content (AvgIpc) is 3.44. The number of aryl methyl sites for hydroxylation is 1. The van der Waals surface area contributed by atoms with Crippen LogP contribution in [-0.2, 0) is 36.1 Å². The highest BCUT2D eigenvalue weighted by atomic mass is 16.5. The van der Waals surface area contributed by atoms with Gasteiger partial charge in [-0.15, -0.1) is 0 Å². The number of nitrogens with one attached hydrogen (secondary N) is 3. The molecule has 0 bridgehead atoms. The quantitative estimate of drug-likeness (QED) is 0.142. The van der Waals surface area contributed by atoms with E-state index in [0.717, 1.165) is 71.4 Å². The van der Waals surface area contributed by atoms with Crippen LogP contribution in [0.3, 0.4) is 0 Å². The van der Waals surface area contributed by atoms with Crippen LogP contribution in [0.25, 0.3) is 11.1 Å². The smallest absolute Gasteiger partial charge is 0.317 e. The molecule has 1 fully saturated rings. The summed E-state index contributed by atoms with van der Waals surface area (Å²) < 4.78 is 13.1. The van der Waals surface area contributed by atoms with Crippen molar-refractivity contribution in [3.63, 3.8) is 0 Å². The number of ether oxygens (including phenoxy) is 2. The summed E-state index contributed by atoms with van der Waals surface area (Å²) in [7, 11) is 9.00. The zero-order chi connectivity index (χ0) is 40.8. The fourth-order valence-electron chi connectivity index (χ4n) is 7.91. The van der Waals surface area contributed by atoms with Crippen LogP contribution >= 0.6 is 0 Å². The third-order valence-corrected chi connectivity index (χ3v) is 10.9. The number of methoxy groups -OCH3 is 2. The molecule has 0 saturated carbocycles. The van der Waals surface area contributed by atoms with Gasteiger partial charge in [0, 0.05) is 62.7 Å². The van der Waals surface area contributed by atoms with E-state index in [9.17, 15) is 28.8 Å². The number of fused-ring (bicyclic) bond motifs is 2. The lowest BCUT2D eigenvalue weighted by Crippen LogP contribution is -2.54. The molecule has 15 heteroatoms. The van der Waals surface area contributed by atoms with E-state index >= 15 is 0 Å². The van der Waals surface area contributed by atoms with Crippen LogP contribution in [0.2, 0.25) is 0 Å². The molecule has 57 heavy (non-hydrogen) atoms. The Labute approximate surface area is 332 Å². The number of carbonyl (C=O) groups excluding carboxylic acids is 5. The van der Waals surface area contributed by atoms with E-state index in [1.54, 1.807) is 48.9 Å². The van der Waals surface area contributed by atoms with Crippen molar-refractivity contribution in [3.05, 3.63) is 74.7 Å². The molecule has 2 aromatic carbocycles. The third kappa shape index (κ3) is 8.98. The Balaban J connectivity index is 0.916. The molecule has 6 amide bonds. The Morgan fingerprint density at radius 1 is 0.842 bits per heavy atom. The number of rotatable bonds is 16. The molecule has 0 radical (unpaired) electrons. The standard InChI is InChI=1S/C42H53N7O8/c1-46(2)23-33-35(56-4)20-26(21-36(33)57-5)31-24-47(3)39(52)32-25-48(19-16-28(31)32)42(55)44-18-11-9-7-6-8-10-17-43-27-12-13-29-30(22-27)41(54)49(40(29)53)34-14-15-37(50)45-38(34)51/h12-13,20-22,24,34,43H,6-11,14-19,23,25H2,1-5H3,(H,44,55)(H,45,50,51). The summed E-state index contributed by atoms with van der Waals surface area (Å²) in [6.07, 6.45) is 8.44. The zero-order valence-electron chi connectivity index (χ0n) is 33.5. The van der Waals surface area contributed by atoms with Crippen LogP contribution < -0.4 is 31.0 Å². The summed E-state index contributed by atoms with van der Waals surface area (Å²) in [5.41, 5.74) is 5.45. The highest BCUT2D eigenvalue weighted by molar-refractivity contribution is 6.23. The molecule has 1 atom stereocenters. The third-order valence-electron chi connectivity index (χ3n) is 10.9. The Morgan fingerprint density at radius 3 is 2.18 bits per heavy atom. The minimum atomic E-state index is -0.985. The lowest BCUT2D eigenvalue weighted by Gasteiger charge is -2.30. The number of carbonyl (C=O) groups is 5. The van der Waals surface area contributed by atoms with E-state index in [4.69, 9.17) is 9.47 Å². The number of amides is 6.